The molecule has 2 aromatic rings. The molecule has 0 fully saturated rings. The maximum atomic E-state index is 11.7. The third-order valence-electron chi connectivity index (χ3n) is 2.96. The zero-order chi connectivity index (χ0) is 12.0. The first-order chi connectivity index (χ1) is 8.18. The number of hydrogen-bond donors (Lipinski definition) is 2. The summed E-state index contributed by atoms with van der Waals surface area (Å²) in [4.78, 5) is 23.3. The van der Waals surface area contributed by atoms with Crippen molar-refractivity contribution >= 4 is 5.97 Å². The van der Waals surface area contributed by atoms with Crippen LogP contribution in [0.25, 0.3) is 0 Å². The van der Waals surface area contributed by atoms with E-state index in [1.807, 2.05) is 6.07 Å². The largest absolute Gasteiger partial charge is 0.449 e. The number of aromatic amines is 2. The predicted octanol–water partition coefficient (Wildman–Crippen LogP) is 1.27. The highest BCUT2D eigenvalue weighted by atomic mass is 16.5. The Hall–Kier alpha value is -2.30. The number of ether oxygens (including phenoxy) is 1. The number of benzene rings is 1. The lowest BCUT2D eigenvalue weighted by Gasteiger charge is -2.08. The van der Waals surface area contributed by atoms with Gasteiger partial charge in [-0.3, -0.25) is 9.89 Å². The number of aryl methyl sites for hydroxylation is 1. The van der Waals surface area contributed by atoms with Gasteiger partial charge in [0, 0.05) is 11.3 Å². The molecular formula is C12H10N2O3. The van der Waals surface area contributed by atoms with Crippen LogP contribution >= 0.6 is 0 Å². The van der Waals surface area contributed by atoms with Crippen molar-refractivity contribution in [1.82, 2.24) is 10.2 Å². The SMILES string of the molecule is Cc1[nH][nH]c(=O)c1C1OC(=O)c2ccccc21. The minimum absolute atomic E-state index is 0.253. The van der Waals surface area contributed by atoms with Crippen molar-refractivity contribution < 1.29 is 9.53 Å². The summed E-state index contributed by atoms with van der Waals surface area (Å²) in [7, 11) is 0. The molecule has 1 atom stereocenters. The van der Waals surface area contributed by atoms with Crippen molar-refractivity contribution in [2.75, 3.05) is 0 Å². The van der Waals surface area contributed by atoms with Gasteiger partial charge in [-0.1, -0.05) is 18.2 Å². The van der Waals surface area contributed by atoms with E-state index in [0.717, 1.165) is 5.56 Å². The molecule has 0 amide bonds. The maximum absolute atomic E-state index is 11.7. The topological polar surface area (TPSA) is 74.9 Å². The summed E-state index contributed by atoms with van der Waals surface area (Å²) in [6.45, 7) is 1.77. The van der Waals surface area contributed by atoms with Gasteiger partial charge < -0.3 is 9.84 Å². The molecule has 1 aromatic heterocycles. The Labute approximate surface area is 96.4 Å². The third kappa shape index (κ3) is 1.32. The molecule has 0 saturated heterocycles. The van der Waals surface area contributed by atoms with Gasteiger partial charge >= 0.3 is 5.97 Å². The first-order valence-corrected chi connectivity index (χ1v) is 5.25. The minimum atomic E-state index is -0.603. The van der Waals surface area contributed by atoms with Crippen molar-refractivity contribution in [2.45, 2.75) is 13.0 Å². The first-order valence-electron chi connectivity index (χ1n) is 5.25. The summed E-state index contributed by atoms with van der Waals surface area (Å²) in [6, 6.07) is 7.10. The molecular weight excluding hydrogens is 220 g/mol. The van der Waals surface area contributed by atoms with Crippen molar-refractivity contribution in [3.63, 3.8) is 0 Å². The number of fused-ring (bicyclic) bond motifs is 1. The van der Waals surface area contributed by atoms with E-state index in [0.29, 0.717) is 16.8 Å². The van der Waals surface area contributed by atoms with Crippen molar-refractivity contribution in [3.05, 3.63) is 57.0 Å². The minimum Gasteiger partial charge on any atom is -0.449 e. The molecule has 1 unspecified atom stereocenters. The fraction of sp³-hybridized carbons (Fsp3) is 0.167. The fourth-order valence-corrected chi connectivity index (χ4v) is 2.13. The van der Waals surface area contributed by atoms with Gasteiger partial charge in [0.1, 0.15) is 0 Å². The number of H-pyrrole nitrogens is 2. The molecule has 0 bridgehead atoms. The van der Waals surface area contributed by atoms with Crippen LogP contribution < -0.4 is 5.56 Å². The molecule has 86 valence electrons. The van der Waals surface area contributed by atoms with Crippen LogP contribution in [0.3, 0.4) is 0 Å². The number of nitrogens with one attached hydrogen (secondary N) is 2. The molecule has 1 aliphatic heterocycles. The molecule has 5 nitrogen and oxygen atoms in total. The van der Waals surface area contributed by atoms with Crippen LogP contribution in [0.2, 0.25) is 0 Å². The Morgan fingerprint density at radius 3 is 2.65 bits per heavy atom. The fourth-order valence-electron chi connectivity index (χ4n) is 2.13. The Balaban J connectivity index is 2.20. The van der Waals surface area contributed by atoms with Gasteiger partial charge in [-0.15, -0.1) is 0 Å². The van der Waals surface area contributed by atoms with Gasteiger partial charge in [0.25, 0.3) is 5.56 Å². The lowest BCUT2D eigenvalue weighted by molar-refractivity contribution is 0.0454. The predicted molar refractivity (Wildman–Crippen MR) is 59.9 cm³/mol. The number of cyclic esters (lactones) is 1. The normalized spacial score (nSPS) is 17.9. The van der Waals surface area contributed by atoms with E-state index < -0.39 is 6.10 Å². The molecule has 2 N–H and O–H groups in total. The molecule has 0 saturated carbocycles. The van der Waals surface area contributed by atoms with E-state index in [9.17, 15) is 9.59 Å². The van der Waals surface area contributed by atoms with Crippen molar-refractivity contribution in [1.29, 1.82) is 0 Å². The molecule has 2 heterocycles. The average molecular weight is 230 g/mol. The molecule has 3 rings (SSSR count). The molecule has 1 aliphatic rings. The molecule has 0 aliphatic carbocycles. The highest BCUT2D eigenvalue weighted by Gasteiger charge is 2.34. The van der Waals surface area contributed by atoms with Crippen LogP contribution in [0.15, 0.2) is 29.1 Å². The second-order valence-corrected chi connectivity index (χ2v) is 3.99. The van der Waals surface area contributed by atoms with E-state index in [1.165, 1.54) is 0 Å². The summed E-state index contributed by atoms with van der Waals surface area (Å²) in [5, 5.41) is 5.22. The van der Waals surface area contributed by atoms with Crippen LogP contribution in [0.4, 0.5) is 0 Å². The van der Waals surface area contributed by atoms with Crippen LogP contribution in [-0.2, 0) is 4.74 Å². The zero-order valence-corrected chi connectivity index (χ0v) is 9.11. The summed E-state index contributed by atoms with van der Waals surface area (Å²) < 4.78 is 5.26. The number of carbonyl (C=O) groups is 1. The van der Waals surface area contributed by atoms with Crippen LogP contribution in [0.1, 0.15) is 33.3 Å². The second-order valence-electron chi connectivity index (χ2n) is 3.99. The van der Waals surface area contributed by atoms with Gasteiger partial charge in [-0.2, -0.15) is 0 Å². The monoisotopic (exact) mass is 230 g/mol. The number of rotatable bonds is 1. The van der Waals surface area contributed by atoms with E-state index in [1.54, 1.807) is 25.1 Å². The Bertz CT molecular complexity index is 654. The molecule has 5 heteroatoms. The van der Waals surface area contributed by atoms with E-state index >= 15 is 0 Å². The van der Waals surface area contributed by atoms with Gasteiger partial charge in [0.15, 0.2) is 6.10 Å². The average Bonchev–Trinajstić information content (AvgIpc) is 2.82. The number of aromatic nitrogens is 2. The Morgan fingerprint density at radius 2 is 1.94 bits per heavy atom. The van der Waals surface area contributed by atoms with E-state index in [2.05, 4.69) is 10.2 Å². The smallest absolute Gasteiger partial charge is 0.339 e. The molecule has 17 heavy (non-hydrogen) atoms. The van der Waals surface area contributed by atoms with Crippen LogP contribution in [0, 0.1) is 6.92 Å². The van der Waals surface area contributed by atoms with Gasteiger partial charge in [0.05, 0.1) is 11.1 Å². The van der Waals surface area contributed by atoms with Crippen molar-refractivity contribution in [3.8, 4) is 0 Å². The van der Waals surface area contributed by atoms with Gasteiger partial charge in [0.2, 0.25) is 0 Å². The number of esters is 1. The summed E-state index contributed by atoms with van der Waals surface area (Å²) in [6.07, 6.45) is -0.603. The van der Waals surface area contributed by atoms with Gasteiger partial charge in [-0.05, 0) is 13.0 Å². The van der Waals surface area contributed by atoms with Crippen LogP contribution in [0.5, 0.6) is 0 Å². The Morgan fingerprint density at radius 1 is 1.18 bits per heavy atom. The van der Waals surface area contributed by atoms with E-state index in [4.69, 9.17) is 4.74 Å². The first kappa shape index (κ1) is 9.89. The quantitative estimate of drug-likeness (QED) is 0.724. The third-order valence-corrected chi connectivity index (χ3v) is 2.96. The number of carbonyl (C=O) groups excluding carboxylic acids is 1. The lowest BCUT2D eigenvalue weighted by Crippen LogP contribution is -2.13. The lowest BCUT2D eigenvalue weighted by atomic mass is 10.00. The van der Waals surface area contributed by atoms with Crippen LogP contribution in [-0.4, -0.2) is 16.2 Å². The van der Waals surface area contributed by atoms with Crippen molar-refractivity contribution in [2.24, 2.45) is 0 Å². The maximum Gasteiger partial charge on any atom is 0.339 e. The molecule has 1 aromatic carbocycles. The number of hydrogen-bond acceptors (Lipinski definition) is 3. The summed E-state index contributed by atoms with van der Waals surface area (Å²) in [5.41, 5.74) is 2.16. The highest BCUT2D eigenvalue weighted by Crippen LogP contribution is 2.34. The molecule has 0 radical (unpaired) electrons. The van der Waals surface area contributed by atoms with Gasteiger partial charge in [-0.25, -0.2) is 4.79 Å². The highest BCUT2D eigenvalue weighted by molar-refractivity contribution is 5.94. The Kier molecular flexibility index (Phi) is 1.95. The summed E-state index contributed by atoms with van der Waals surface area (Å²) in [5.74, 6) is -0.384. The molecule has 0 spiro atoms. The summed E-state index contributed by atoms with van der Waals surface area (Å²) >= 11 is 0. The second kappa shape index (κ2) is 3.35. The van der Waals surface area contributed by atoms with E-state index in [-0.39, 0.29) is 11.5 Å². The standard InChI is InChI=1S/C12H10N2O3/c1-6-9(11(15)14-13-6)10-7-4-2-3-5-8(7)12(16)17-10/h2-5,10H,1H3,(H2,13,14,15). The zero-order valence-electron chi connectivity index (χ0n) is 9.11.